The summed E-state index contributed by atoms with van der Waals surface area (Å²) in [4.78, 5) is 4.64. The molecule has 0 aliphatic carbocycles. The summed E-state index contributed by atoms with van der Waals surface area (Å²) in [5.41, 5.74) is 2.50. The van der Waals surface area contributed by atoms with E-state index in [2.05, 4.69) is 63.9 Å². The van der Waals surface area contributed by atoms with Gasteiger partial charge in [0.25, 0.3) is 0 Å². The van der Waals surface area contributed by atoms with Gasteiger partial charge in [0, 0.05) is 19.6 Å². The topological polar surface area (TPSA) is 67.1 Å². The van der Waals surface area contributed by atoms with E-state index in [0.717, 1.165) is 38.4 Å². The second-order valence-corrected chi connectivity index (χ2v) is 5.52. The quantitative estimate of drug-likeness (QED) is 0.445. The minimum atomic E-state index is 0.692. The number of nitrogens with zero attached hydrogens (tertiary/aromatic N) is 4. The van der Waals surface area contributed by atoms with Crippen LogP contribution in [0.5, 0.6) is 0 Å². The highest BCUT2D eigenvalue weighted by atomic mass is 15.2. The van der Waals surface area contributed by atoms with Crippen LogP contribution < -0.4 is 10.6 Å². The van der Waals surface area contributed by atoms with Gasteiger partial charge in [-0.2, -0.15) is 0 Å². The van der Waals surface area contributed by atoms with Crippen molar-refractivity contribution in [2.75, 3.05) is 13.1 Å². The molecule has 2 aromatic rings. The lowest BCUT2D eigenvalue weighted by atomic mass is 10.1. The van der Waals surface area contributed by atoms with E-state index >= 15 is 0 Å². The summed E-state index contributed by atoms with van der Waals surface area (Å²) >= 11 is 0. The molecule has 124 valence electrons. The van der Waals surface area contributed by atoms with Crippen molar-refractivity contribution in [3.05, 3.63) is 48.0 Å². The first-order valence-electron chi connectivity index (χ1n) is 8.18. The van der Waals surface area contributed by atoms with Crippen molar-refractivity contribution in [2.24, 2.45) is 4.99 Å². The van der Waals surface area contributed by atoms with Gasteiger partial charge in [0.1, 0.15) is 12.7 Å². The number of guanidine groups is 1. The molecule has 0 fully saturated rings. The predicted molar refractivity (Wildman–Crippen MR) is 93.3 cm³/mol. The van der Waals surface area contributed by atoms with Gasteiger partial charge in [0.05, 0.1) is 6.54 Å². The Balaban J connectivity index is 1.73. The molecule has 23 heavy (non-hydrogen) atoms. The fourth-order valence-corrected chi connectivity index (χ4v) is 2.29. The maximum atomic E-state index is 4.64. The molecule has 0 bridgehead atoms. The van der Waals surface area contributed by atoms with E-state index in [9.17, 15) is 0 Å². The van der Waals surface area contributed by atoms with Crippen LogP contribution in [0.1, 0.15) is 30.9 Å². The summed E-state index contributed by atoms with van der Waals surface area (Å²) < 4.78 is 2.00. The zero-order chi connectivity index (χ0) is 16.3. The number of nitrogens with one attached hydrogen (secondary N) is 2. The summed E-state index contributed by atoms with van der Waals surface area (Å²) in [7, 11) is 0. The molecule has 0 aliphatic rings. The molecule has 0 spiro atoms. The number of aryl methyl sites for hydroxylation is 2. The number of aliphatic imine (C=N–C) groups is 1. The third-order valence-electron chi connectivity index (χ3n) is 3.45. The Morgan fingerprint density at radius 1 is 1.17 bits per heavy atom. The van der Waals surface area contributed by atoms with Crippen LogP contribution in [-0.4, -0.2) is 33.8 Å². The fraction of sp³-hybridized carbons (Fsp3) is 0.471. The Kier molecular flexibility index (Phi) is 7.10. The van der Waals surface area contributed by atoms with Crippen LogP contribution in [-0.2, 0) is 13.1 Å². The molecule has 2 rings (SSSR count). The van der Waals surface area contributed by atoms with E-state index in [0.29, 0.717) is 6.54 Å². The van der Waals surface area contributed by atoms with Crippen molar-refractivity contribution in [2.45, 2.75) is 39.8 Å². The fourth-order valence-electron chi connectivity index (χ4n) is 2.29. The van der Waals surface area contributed by atoms with Crippen LogP contribution in [0.15, 0.2) is 41.9 Å². The Morgan fingerprint density at radius 2 is 2.00 bits per heavy atom. The Labute approximate surface area is 138 Å². The number of aromatic nitrogens is 3. The average Bonchev–Trinajstić information content (AvgIpc) is 3.05. The Morgan fingerprint density at radius 3 is 2.74 bits per heavy atom. The second kappa shape index (κ2) is 9.61. The first-order valence-corrected chi connectivity index (χ1v) is 8.18. The van der Waals surface area contributed by atoms with Crippen LogP contribution in [0.3, 0.4) is 0 Å². The number of benzene rings is 1. The Bertz CT molecular complexity index is 591. The SMILES string of the molecule is CCNC(=NCc1cccc(C)c1)NCCCCn1cnnc1. The van der Waals surface area contributed by atoms with Gasteiger partial charge in [-0.25, -0.2) is 4.99 Å². The van der Waals surface area contributed by atoms with Gasteiger partial charge in [-0.15, -0.1) is 10.2 Å². The van der Waals surface area contributed by atoms with Crippen molar-refractivity contribution in [3.63, 3.8) is 0 Å². The molecule has 0 radical (unpaired) electrons. The predicted octanol–water partition coefficient (Wildman–Crippen LogP) is 2.12. The first kappa shape index (κ1) is 17.0. The lowest BCUT2D eigenvalue weighted by Gasteiger charge is -2.11. The van der Waals surface area contributed by atoms with E-state index in [-0.39, 0.29) is 0 Å². The molecular weight excluding hydrogens is 288 g/mol. The van der Waals surface area contributed by atoms with Crippen LogP contribution in [0.25, 0.3) is 0 Å². The smallest absolute Gasteiger partial charge is 0.191 e. The van der Waals surface area contributed by atoms with E-state index in [1.165, 1.54) is 11.1 Å². The maximum absolute atomic E-state index is 4.64. The summed E-state index contributed by atoms with van der Waals surface area (Å²) in [5.74, 6) is 0.873. The molecule has 1 aromatic carbocycles. The second-order valence-electron chi connectivity index (χ2n) is 5.52. The van der Waals surface area contributed by atoms with Gasteiger partial charge in [-0.05, 0) is 32.3 Å². The molecule has 2 N–H and O–H groups in total. The highest BCUT2D eigenvalue weighted by Gasteiger charge is 1.98. The highest BCUT2D eigenvalue weighted by Crippen LogP contribution is 2.05. The molecule has 0 saturated carbocycles. The van der Waals surface area contributed by atoms with Crippen molar-refractivity contribution in [3.8, 4) is 0 Å². The minimum absolute atomic E-state index is 0.692. The normalized spacial score (nSPS) is 11.5. The van der Waals surface area contributed by atoms with Gasteiger partial charge in [0.15, 0.2) is 5.96 Å². The maximum Gasteiger partial charge on any atom is 0.191 e. The van der Waals surface area contributed by atoms with Crippen molar-refractivity contribution in [1.82, 2.24) is 25.4 Å². The summed E-state index contributed by atoms with van der Waals surface area (Å²) in [5, 5.41) is 14.3. The lowest BCUT2D eigenvalue weighted by Crippen LogP contribution is -2.37. The van der Waals surface area contributed by atoms with Gasteiger partial charge >= 0.3 is 0 Å². The molecule has 1 aromatic heterocycles. The summed E-state index contributed by atoms with van der Waals surface area (Å²) in [6.45, 7) is 7.59. The van der Waals surface area contributed by atoms with Crippen LogP contribution in [0, 0.1) is 6.92 Å². The van der Waals surface area contributed by atoms with Crippen molar-refractivity contribution in [1.29, 1.82) is 0 Å². The molecule has 0 aliphatic heterocycles. The van der Waals surface area contributed by atoms with Crippen molar-refractivity contribution < 1.29 is 0 Å². The van der Waals surface area contributed by atoms with Gasteiger partial charge < -0.3 is 15.2 Å². The molecular formula is C17H26N6. The number of unbranched alkanes of at least 4 members (excludes halogenated alkanes) is 1. The van der Waals surface area contributed by atoms with E-state index < -0.39 is 0 Å². The Hall–Kier alpha value is -2.37. The summed E-state index contributed by atoms with van der Waals surface area (Å²) in [6.07, 6.45) is 5.66. The van der Waals surface area contributed by atoms with E-state index in [4.69, 9.17) is 0 Å². The average molecular weight is 314 g/mol. The molecule has 0 amide bonds. The van der Waals surface area contributed by atoms with Gasteiger partial charge in [-0.1, -0.05) is 29.8 Å². The summed E-state index contributed by atoms with van der Waals surface area (Å²) in [6, 6.07) is 8.46. The minimum Gasteiger partial charge on any atom is -0.357 e. The standard InChI is InChI=1S/C17H26N6/c1-3-18-17(20-12-16-8-6-7-15(2)11-16)19-9-4-5-10-23-13-21-22-14-23/h6-8,11,13-14H,3-5,9-10,12H2,1-2H3,(H2,18,19,20). The molecule has 0 atom stereocenters. The number of hydrogen-bond acceptors (Lipinski definition) is 3. The van der Waals surface area contributed by atoms with Gasteiger partial charge in [-0.3, -0.25) is 0 Å². The lowest BCUT2D eigenvalue weighted by molar-refractivity contribution is 0.598. The van der Waals surface area contributed by atoms with E-state index in [1.807, 2.05) is 4.57 Å². The first-order chi connectivity index (χ1) is 11.3. The van der Waals surface area contributed by atoms with Crippen LogP contribution >= 0.6 is 0 Å². The molecule has 6 heteroatoms. The monoisotopic (exact) mass is 314 g/mol. The van der Waals surface area contributed by atoms with E-state index in [1.54, 1.807) is 12.7 Å². The van der Waals surface area contributed by atoms with Crippen LogP contribution in [0.2, 0.25) is 0 Å². The zero-order valence-corrected chi connectivity index (χ0v) is 14.0. The third-order valence-corrected chi connectivity index (χ3v) is 3.45. The number of rotatable bonds is 8. The molecule has 0 saturated heterocycles. The highest BCUT2D eigenvalue weighted by molar-refractivity contribution is 5.79. The number of hydrogen-bond donors (Lipinski definition) is 2. The molecule has 0 unspecified atom stereocenters. The molecule has 6 nitrogen and oxygen atoms in total. The molecule has 1 heterocycles. The third kappa shape index (κ3) is 6.50. The zero-order valence-electron chi connectivity index (χ0n) is 14.0. The van der Waals surface area contributed by atoms with Crippen molar-refractivity contribution >= 4 is 5.96 Å². The van der Waals surface area contributed by atoms with Gasteiger partial charge in [0.2, 0.25) is 0 Å². The van der Waals surface area contributed by atoms with Crippen LogP contribution in [0.4, 0.5) is 0 Å². The largest absolute Gasteiger partial charge is 0.357 e.